The second kappa shape index (κ2) is 6.67. The van der Waals surface area contributed by atoms with E-state index in [1.807, 2.05) is 26.8 Å². The van der Waals surface area contributed by atoms with Crippen LogP contribution in [0.5, 0.6) is 0 Å². The predicted octanol–water partition coefficient (Wildman–Crippen LogP) is 2.22. The molecule has 6 heteroatoms. The summed E-state index contributed by atoms with van der Waals surface area (Å²) in [6.45, 7) is 11.1. The molecule has 1 N–H and O–H groups in total. The zero-order chi connectivity index (χ0) is 19.2. The van der Waals surface area contributed by atoms with Crippen LogP contribution in [0, 0.1) is 5.92 Å². The van der Waals surface area contributed by atoms with Crippen molar-refractivity contribution in [3.05, 3.63) is 35.5 Å². The third kappa shape index (κ3) is 3.48. The van der Waals surface area contributed by atoms with Gasteiger partial charge in [-0.05, 0) is 40.2 Å². The van der Waals surface area contributed by atoms with Crippen molar-refractivity contribution in [1.82, 2.24) is 0 Å². The van der Waals surface area contributed by atoms with Crippen molar-refractivity contribution in [2.45, 2.75) is 70.6 Å². The summed E-state index contributed by atoms with van der Waals surface area (Å²) >= 11 is 0. The lowest BCUT2D eigenvalue weighted by molar-refractivity contribution is -0.157. The molecule has 6 nitrogen and oxygen atoms in total. The minimum atomic E-state index is -0.946. The molecule has 0 aromatic heterocycles. The number of fused-ring (bicyclic) bond motifs is 1. The van der Waals surface area contributed by atoms with Crippen molar-refractivity contribution in [1.29, 1.82) is 0 Å². The average Bonchev–Trinajstić information content (AvgIpc) is 3.04. The third-order valence-corrected chi connectivity index (χ3v) is 5.45. The highest BCUT2D eigenvalue weighted by Crippen LogP contribution is 2.40. The van der Waals surface area contributed by atoms with Crippen LogP contribution in [-0.4, -0.2) is 47.1 Å². The molecule has 0 spiro atoms. The van der Waals surface area contributed by atoms with E-state index in [1.54, 1.807) is 13.0 Å². The SMILES string of the molecule is C=C1C(=O)O[C@@H]2/C=C(\C)C[C@H](O)/C=C(\C)C[C@@H](OC(=O)[C@]3(C)O[C@@H]3C)[C@@H]12. The number of hydrogen-bond donors (Lipinski definition) is 1. The molecule has 0 unspecified atom stereocenters. The summed E-state index contributed by atoms with van der Waals surface area (Å²) in [5.74, 6) is -1.39. The number of carbonyl (C=O) groups is 2. The van der Waals surface area contributed by atoms with Crippen molar-refractivity contribution in [2.75, 3.05) is 0 Å². The number of aliphatic hydroxyl groups excluding tert-OH is 1. The maximum absolute atomic E-state index is 12.6. The quantitative estimate of drug-likeness (QED) is 0.351. The van der Waals surface area contributed by atoms with Crippen LogP contribution in [0.15, 0.2) is 35.5 Å². The lowest BCUT2D eigenvalue weighted by Gasteiger charge is -2.28. The van der Waals surface area contributed by atoms with E-state index < -0.39 is 41.8 Å². The maximum Gasteiger partial charge on any atom is 0.341 e. The van der Waals surface area contributed by atoms with Crippen LogP contribution in [0.25, 0.3) is 0 Å². The molecule has 2 aliphatic heterocycles. The molecular weight excluding hydrogens is 336 g/mol. The van der Waals surface area contributed by atoms with E-state index in [0.29, 0.717) is 18.4 Å². The van der Waals surface area contributed by atoms with Crippen molar-refractivity contribution in [3.63, 3.8) is 0 Å². The summed E-state index contributed by atoms with van der Waals surface area (Å²) < 4.78 is 16.6. The summed E-state index contributed by atoms with van der Waals surface area (Å²) in [5.41, 5.74) is 1.14. The molecule has 0 saturated carbocycles. The summed E-state index contributed by atoms with van der Waals surface area (Å²) in [5, 5.41) is 10.2. The van der Waals surface area contributed by atoms with Gasteiger partial charge in [-0.3, -0.25) is 0 Å². The Kier molecular flexibility index (Phi) is 4.84. The van der Waals surface area contributed by atoms with Gasteiger partial charge in [0.05, 0.1) is 18.1 Å². The van der Waals surface area contributed by atoms with Gasteiger partial charge in [-0.15, -0.1) is 0 Å². The summed E-state index contributed by atoms with van der Waals surface area (Å²) in [6, 6.07) is 0. The Balaban J connectivity index is 1.93. The van der Waals surface area contributed by atoms with Crippen molar-refractivity contribution >= 4 is 11.9 Å². The molecule has 2 heterocycles. The Hall–Kier alpha value is -1.92. The summed E-state index contributed by atoms with van der Waals surface area (Å²) in [6.07, 6.45) is 2.41. The Labute approximate surface area is 153 Å². The first-order valence-electron chi connectivity index (χ1n) is 8.93. The summed E-state index contributed by atoms with van der Waals surface area (Å²) in [7, 11) is 0. The molecule has 142 valence electrons. The van der Waals surface area contributed by atoms with Gasteiger partial charge in [0.2, 0.25) is 0 Å². The first-order chi connectivity index (χ1) is 12.1. The number of rotatable bonds is 2. The van der Waals surface area contributed by atoms with Gasteiger partial charge in [0, 0.05) is 12.0 Å². The minimum absolute atomic E-state index is 0.199. The monoisotopic (exact) mass is 362 g/mol. The highest BCUT2D eigenvalue weighted by atomic mass is 16.7. The Bertz CT molecular complexity index is 705. The first-order valence-corrected chi connectivity index (χ1v) is 8.93. The predicted molar refractivity (Wildman–Crippen MR) is 94.1 cm³/mol. The smallest absolute Gasteiger partial charge is 0.341 e. The summed E-state index contributed by atoms with van der Waals surface area (Å²) in [4.78, 5) is 24.7. The van der Waals surface area contributed by atoms with Crippen LogP contribution < -0.4 is 0 Å². The van der Waals surface area contributed by atoms with Gasteiger partial charge in [-0.1, -0.05) is 23.8 Å². The number of aliphatic hydroxyl groups is 1. The van der Waals surface area contributed by atoms with Gasteiger partial charge in [-0.2, -0.15) is 0 Å². The molecule has 0 aromatic rings. The van der Waals surface area contributed by atoms with Gasteiger partial charge in [0.25, 0.3) is 0 Å². The van der Waals surface area contributed by atoms with Crippen molar-refractivity contribution < 1.29 is 28.9 Å². The van der Waals surface area contributed by atoms with Crippen LogP contribution in [0.2, 0.25) is 0 Å². The van der Waals surface area contributed by atoms with Gasteiger partial charge in [0.15, 0.2) is 5.60 Å². The molecule has 2 fully saturated rings. The molecule has 0 bridgehead atoms. The number of ether oxygens (including phenoxy) is 3. The number of hydrogen-bond acceptors (Lipinski definition) is 6. The van der Waals surface area contributed by atoms with Gasteiger partial charge >= 0.3 is 11.9 Å². The lowest BCUT2D eigenvalue weighted by Crippen LogP contribution is -2.37. The number of epoxide rings is 1. The van der Waals surface area contributed by atoms with Gasteiger partial charge in [0.1, 0.15) is 12.2 Å². The highest BCUT2D eigenvalue weighted by Gasteiger charge is 2.58. The Morgan fingerprint density at radius 1 is 1.31 bits per heavy atom. The van der Waals surface area contributed by atoms with E-state index in [1.165, 1.54) is 0 Å². The van der Waals surface area contributed by atoms with Crippen molar-refractivity contribution in [3.8, 4) is 0 Å². The largest absolute Gasteiger partial charge is 0.459 e. The number of carbonyl (C=O) groups excluding carboxylic acids is 2. The first kappa shape index (κ1) is 18.9. The lowest BCUT2D eigenvalue weighted by atomic mass is 9.85. The van der Waals surface area contributed by atoms with Crippen LogP contribution in [0.1, 0.15) is 40.5 Å². The van der Waals surface area contributed by atoms with Crippen LogP contribution in [0.3, 0.4) is 0 Å². The Morgan fingerprint density at radius 2 is 1.92 bits per heavy atom. The van der Waals surface area contributed by atoms with Crippen molar-refractivity contribution in [2.24, 2.45) is 5.92 Å². The molecule has 0 amide bonds. The fraction of sp³-hybridized carbons (Fsp3) is 0.600. The van der Waals surface area contributed by atoms with E-state index in [-0.39, 0.29) is 6.10 Å². The maximum atomic E-state index is 12.6. The van der Waals surface area contributed by atoms with E-state index in [9.17, 15) is 14.7 Å². The zero-order valence-corrected chi connectivity index (χ0v) is 15.7. The van der Waals surface area contributed by atoms with E-state index in [2.05, 4.69) is 6.58 Å². The molecule has 1 aliphatic carbocycles. The average molecular weight is 362 g/mol. The van der Waals surface area contributed by atoms with Gasteiger partial charge < -0.3 is 19.3 Å². The standard InChI is InChI=1S/C20H26O6/c1-10-6-14(21)7-11(2)9-16(25-19(23)20(5)13(4)26-20)17-12(3)18(22)24-15(17)8-10/h7-8,13-17,21H,3,6,9H2,1-2,4-5H3/b10-8+,11-7+/t13-,14+,15-,16-,17+,20-/m1/s1. The van der Waals surface area contributed by atoms with Crippen LogP contribution in [0.4, 0.5) is 0 Å². The topological polar surface area (TPSA) is 85.4 Å². The Morgan fingerprint density at radius 3 is 2.54 bits per heavy atom. The normalized spacial score (nSPS) is 44.1. The van der Waals surface area contributed by atoms with Crippen LogP contribution in [-0.2, 0) is 23.8 Å². The molecule has 26 heavy (non-hydrogen) atoms. The zero-order valence-electron chi connectivity index (χ0n) is 15.7. The fourth-order valence-corrected chi connectivity index (χ4v) is 3.68. The van der Waals surface area contributed by atoms with E-state index in [4.69, 9.17) is 14.2 Å². The molecule has 0 radical (unpaired) electrons. The molecule has 3 rings (SSSR count). The minimum Gasteiger partial charge on any atom is -0.459 e. The molecule has 6 atom stereocenters. The highest BCUT2D eigenvalue weighted by molar-refractivity contribution is 5.91. The molecule has 2 saturated heterocycles. The second-order valence-electron chi connectivity index (χ2n) is 7.73. The molecular formula is C20H26O6. The number of esters is 2. The van der Waals surface area contributed by atoms with Gasteiger partial charge in [-0.25, -0.2) is 9.59 Å². The van der Waals surface area contributed by atoms with Crippen LogP contribution >= 0.6 is 0 Å². The molecule has 0 aromatic carbocycles. The molecule has 3 aliphatic rings. The fourth-order valence-electron chi connectivity index (χ4n) is 3.68. The third-order valence-electron chi connectivity index (χ3n) is 5.45. The van der Waals surface area contributed by atoms with E-state index in [0.717, 1.165) is 11.1 Å². The second-order valence-corrected chi connectivity index (χ2v) is 7.73. The van der Waals surface area contributed by atoms with E-state index >= 15 is 0 Å².